The summed E-state index contributed by atoms with van der Waals surface area (Å²) < 4.78 is 0. The molecule has 3 amide bonds. The van der Waals surface area contributed by atoms with E-state index < -0.39 is 17.9 Å². The van der Waals surface area contributed by atoms with Crippen LogP contribution in [0.4, 0.5) is 11.4 Å². The second-order valence-electron chi connectivity index (χ2n) is 13.5. The van der Waals surface area contributed by atoms with Crippen molar-refractivity contribution in [2.45, 2.75) is 19.4 Å². The van der Waals surface area contributed by atoms with E-state index >= 15 is 0 Å². The summed E-state index contributed by atoms with van der Waals surface area (Å²) in [7, 11) is 0. The number of carboxylic acid groups (broad SMARTS) is 1. The fraction of sp³-hybridized carbons (Fsp3) is 0.0638. The summed E-state index contributed by atoms with van der Waals surface area (Å²) in [6.45, 7) is 1.38. The van der Waals surface area contributed by atoms with E-state index in [0.717, 1.165) is 49.9 Å². The Morgan fingerprint density at radius 1 is 0.586 bits per heavy atom. The molecule has 8 rings (SSSR count). The third-order valence-electron chi connectivity index (χ3n) is 9.47. The van der Waals surface area contributed by atoms with Crippen LogP contribution in [0.1, 0.15) is 33.2 Å². The smallest absolute Gasteiger partial charge is 0.336 e. The van der Waals surface area contributed by atoms with Crippen LogP contribution in [0, 0.1) is 0 Å². The number of rotatable bonds is 10. The van der Waals surface area contributed by atoms with Gasteiger partial charge in [-0.25, -0.2) is 4.79 Å². The minimum absolute atomic E-state index is 0.0295. The number of benzene rings is 6. The Kier molecular flexibility index (Phi) is 11.4. The maximum absolute atomic E-state index is 13.1. The number of aromatic carboxylic acids is 1. The van der Waals surface area contributed by atoms with Crippen LogP contribution in [0.15, 0.2) is 158 Å². The van der Waals surface area contributed by atoms with Crippen molar-refractivity contribution in [3.63, 3.8) is 0 Å². The van der Waals surface area contributed by atoms with E-state index in [1.165, 1.54) is 19.1 Å². The van der Waals surface area contributed by atoms with Crippen LogP contribution in [0.2, 0.25) is 0 Å². The van der Waals surface area contributed by atoms with Crippen LogP contribution in [0.3, 0.4) is 0 Å². The van der Waals surface area contributed by atoms with E-state index in [4.69, 9.17) is 0 Å². The number of anilines is 2. The zero-order valence-electron chi connectivity index (χ0n) is 31.3. The summed E-state index contributed by atoms with van der Waals surface area (Å²) in [5.41, 5.74) is 7.66. The van der Waals surface area contributed by atoms with Gasteiger partial charge >= 0.3 is 5.97 Å². The van der Waals surface area contributed by atoms with Gasteiger partial charge in [0.15, 0.2) is 0 Å². The van der Waals surface area contributed by atoms with Gasteiger partial charge < -0.3 is 36.1 Å². The number of carboxylic acids is 1. The summed E-state index contributed by atoms with van der Waals surface area (Å²) in [5.74, 6) is -2.05. The zero-order valence-corrected chi connectivity index (χ0v) is 31.3. The number of phenolic OH excluding ortho intramolecular Hbond substituents is 1. The molecule has 0 bridgehead atoms. The Balaban J connectivity index is 0.000000178. The number of nitrogens with one attached hydrogen (secondary N) is 5. The first-order valence-corrected chi connectivity index (χ1v) is 18.5. The Labute approximate surface area is 333 Å². The van der Waals surface area contributed by atoms with Crippen LogP contribution in [0.5, 0.6) is 5.75 Å². The molecule has 0 saturated heterocycles. The highest BCUT2D eigenvalue weighted by Gasteiger charge is 2.22. The molecule has 1 atom stereocenters. The van der Waals surface area contributed by atoms with Gasteiger partial charge in [-0.1, -0.05) is 97.1 Å². The first-order chi connectivity index (χ1) is 28.1. The van der Waals surface area contributed by atoms with E-state index in [1.54, 1.807) is 42.5 Å². The summed E-state index contributed by atoms with van der Waals surface area (Å²) in [5, 5.41) is 29.5. The average molecular weight is 770 g/mol. The van der Waals surface area contributed by atoms with Gasteiger partial charge in [-0.05, 0) is 66.2 Å². The summed E-state index contributed by atoms with van der Waals surface area (Å²) in [6, 6.07) is 46.9. The maximum atomic E-state index is 13.1. The number of hydrogen-bond acceptors (Lipinski definition) is 5. The van der Waals surface area contributed by atoms with Gasteiger partial charge in [-0.2, -0.15) is 0 Å². The lowest BCUT2D eigenvalue weighted by Crippen LogP contribution is -2.44. The van der Waals surface area contributed by atoms with Crippen LogP contribution < -0.4 is 16.0 Å². The van der Waals surface area contributed by atoms with Crippen molar-refractivity contribution in [1.82, 2.24) is 15.3 Å². The lowest BCUT2D eigenvalue weighted by atomic mass is 10.0. The van der Waals surface area contributed by atoms with Crippen LogP contribution >= 0.6 is 0 Å². The van der Waals surface area contributed by atoms with Crippen molar-refractivity contribution in [1.29, 1.82) is 0 Å². The SMILES string of the molecule is CC(=O)NC(Cc1ccc(O)cc1)C(=O)Nc1ccccc1-c1cc2ccccc2[nH]1.O=C(O)c1ccccc1C(=O)Nc1ccccc1-c1cc2ccccc2[nH]1. The number of aromatic hydroxyl groups is 1. The molecule has 0 fully saturated rings. The molecule has 0 spiro atoms. The standard InChI is InChI=1S/C25H23N3O3.C22H16N2O3/c1-16(29)26-24(14-17-10-12-19(30)13-11-17)25(31)28-22-9-5-3-7-20(22)23-15-18-6-2-4-8-21(18)27-23;25-21(15-8-2-3-9-16(15)22(26)27)24-19-12-6-4-10-17(19)20-13-14-7-1-5-11-18(14)23-20/h2-13,15,24,27,30H,14H2,1H3,(H,26,29)(H,28,31);1-13,23H,(H,24,25)(H,26,27). The molecule has 0 radical (unpaired) electrons. The van der Waals surface area contributed by atoms with E-state index in [-0.39, 0.29) is 28.7 Å². The van der Waals surface area contributed by atoms with Crippen LogP contribution in [0.25, 0.3) is 44.3 Å². The fourth-order valence-electron chi connectivity index (χ4n) is 6.69. The lowest BCUT2D eigenvalue weighted by Gasteiger charge is -2.19. The third kappa shape index (κ3) is 8.96. The Bertz CT molecular complexity index is 2700. The summed E-state index contributed by atoms with van der Waals surface area (Å²) >= 11 is 0. The molecule has 11 heteroatoms. The number of hydrogen-bond donors (Lipinski definition) is 7. The van der Waals surface area contributed by atoms with E-state index in [1.807, 2.05) is 103 Å². The second-order valence-corrected chi connectivity index (χ2v) is 13.5. The summed E-state index contributed by atoms with van der Waals surface area (Å²) in [6.07, 6.45) is 0.306. The molecular formula is C47H39N5O6. The van der Waals surface area contributed by atoms with Crippen molar-refractivity contribution in [2.75, 3.05) is 10.6 Å². The molecule has 0 saturated carbocycles. The number of H-pyrrole nitrogens is 2. The molecule has 7 N–H and O–H groups in total. The second kappa shape index (κ2) is 17.3. The van der Waals surface area contributed by atoms with Gasteiger partial charge in [0.25, 0.3) is 5.91 Å². The van der Waals surface area contributed by atoms with Crippen molar-refractivity contribution in [2.24, 2.45) is 0 Å². The van der Waals surface area contributed by atoms with Gasteiger partial charge in [0, 0.05) is 57.7 Å². The molecule has 0 aliphatic heterocycles. The van der Waals surface area contributed by atoms with Crippen molar-refractivity contribution in [3.8, 4) is 28.3 Å². The molecule has 0 aliphatic carbocycles. The Hall–Kier alpha value is -7.92. The summed E-state index contributed by atoms with van der Waals surface area (Å²) in [4.78, 5) is 55.6. The van der Waals surface area contributed by atoms with Crippen LogP contribution in [-0.4, -0.2) is 49.9 Å². The molecule has 11 nitrogen and oxygen atoms in total. The van der Waals surface area contributed by atoms with Gasteiger partial charge in [0.2, 0.25) is 11.8 Å². The number of amides is 3. The van der Waals surface area contributed by atoms with Gasteiger partial charge in [-0.15, -0.1) is 0 Å². The van der Waals surface area contributed by atoms with Gasteiger partial charge in [-0.3, -0.25) is 14.4 Å². The predicted molar refractivity (Wildman–Crippen MR) is 227 cm³/mol. The number of phenols is 1. The number of para-hydroxylation sites is 4. The number of aromatic amines is 2. The number of aromatic nitrogens is 2. The number of fused-ring (bicyclic) bond motifs is 2. The maximum Gasteiger partial charge on any atom is 0.336 e. The largest absolute Gasteiger partial charge is 0.508 e. The highest BCUT2D eigenvalue weighted by atomic mass is 16.4. The van der Waals surface area contributed by atoms with E-state index in [2.05, 4.69) is 25.9 Å². The predicted octanol–water partition coefficient (Wildman–Crippen LogP) is 9.01. The monoisotopic (exact) mass is 769 g/mol. The first-order valence-electron chi connectivity index (χ1n) is 18.5. The van der Waals surface area contributed by atoms with Gasteiger partial charge in [0.05, 0.1) is 22.5 Å². The molecule has 1 unspecified atom stereocenters. The molecular weight excluding hydrogens is 731 g/mol. The lowest BCUT2D eigenvalue weighted by molar-refractivity contribution is -0.125. The van der Waals surface area contributed by atoms with Crippen molar-refractivity contribution in [3.05, 3.63) is 174 Å². The molecule has 2 aromatic heterocycles. The normalized spacial score (nSPS) is 11.3. The average Bonchev–Trinajstić information content (AvgIpc) is 3.87. The number of carbonyl (C=O) groups is 4. The van der Waals surface area contributed by atoms with E-state index in [0.29, 0.717) is 17.8 Å². The van der Waals surface area contributed by atoms with Gasteiger partial charge in [0.1, 0.15) is 11.8 Å². The molecule has 0 aliphatic rings. The third-order valence-corrected chi connectivity index (χ3v) is 9.47. The molecule has 2 heterocycles. The fourth-order valence-corrected chi connectivity index (χ4v) is 6.69. The van der Waals surface area contributed by atoms with Crippen molar-refractivity contribution >= 4 is 56.9 Å². The zero-order chi connectivity index (χ0) is 40.6. The highest BCUT2D eigenvalue weighted by Crippen LogP contribution is 2.32. The Morgan fingerprint density at radius 3 is 1.60 bits per heavy atom. The quantitative estimate of drug-likeness (QED) is 0.0730. The molecule has 58 heavy (non-hydrogen) atoms. The van der Waals surface area contributed by atoms with Crippen molar-refractivity contribution < 1.29 is 29.4 Å². The topological polar surface area (TPSA) is 176 Å². The minimum atomic E-state index is -1.13. The first kappa shape index (κ1) is 38.4. The molecule has 8 aromatic rings. The Morgan fingerprint density at radius 2 is 1.07 bits per heavy atom. The number of carbonyl (C=O) groups excluding carboxylic acids is 3. The molecule has 6 aromatic carbocycles. The highest BCUT2D eigenvalue weighted by molar-refractivity contribution is 6.12. The minimum Gasteiger partial charge on any atom is -0.508 e. The van der Waals surface area contributed by atoms with Crippen LogP contribution in [-0.2, 0) is 16.0 Å². The van der Waals surface area contributed by atoms with E-state index in [9.17, 15) is 29.4 Å². The molecule has 288 valence electrons.